The van der Waals surface area contributed by atoms with Crippen LogP contribution in [-0.4, -0.2) is 30.4 Å². The van der Waals surface area contributed by atoms with Crippen LogP contribution in [0.25, 0.3) is 0 Å². The van der Waals surface area contributed by atoms with E-state index in [0.29, 0.717) is 19.1 Å². The molecule has 1 N–H and O–H groups in total. The molecule has 1 amide bonds. The summed E-state index contributed by atoms with van der Waals surface area (Å²) in [5.41, 5.74) is 0.939. The van der Waals surface area contributed by atoms with Gasteiger partial charge in [0.05, 0.1) is 6.54 Å². The van der Waals surface area contributed by atoms with Crippen molar-refractivity contribution in [2.45, 2.75) is 25.4 Å². The number of rotatable bonds is 5. The Bertz CT molecular complexity index is 387. The maximum Gasteiger partial charge on any atom is 0.236 e. The van der Waals surface area contributed by atoms with Gasteiger partial charge in [-0.2, -0.15) is 0 Å². The molecule has 0 atom stereocenters. The van der Waals surface area contributed by atoms with Gasteiger partial charge in [0.25, 0.3) is 0 Å². The number of amides is 1. The molecule has 0 unspecified atom stereocenters. The number of carbonyl (C=O) groups excluding carboxylic acids is 1. The highest BCUT2D eigenvalue weighted by Crippen LogP contribution is 2.18. The summed E-state index contributed by atoms with van der Waals surface area (Å²) in [5, 5.41) is 3.18. The Morgan fingerprint density at radius 3 is 2.65 bits per heavy atom. The SMILES string of the molecule is CN(Cc1ccc(F)cc1)C(=O)CNC1CC1. The molecule has 0 saturated heterocycles. The molecule has 0 spiro atoms. The molecule has 1 aromatic rings. The highest BCUT2D eigenvalue weighted by molar-refractivity contribution is 5.78. The fourth-order valence-corrected chi connectivity index (χ4v) is 1.61. The second kappa shape index (κ2) is 5.27. The molecule has 0 aliphatic heterocycles. The van der Waals surface area contributed by atoms with Gasteiger partial charge in [0.1, 0.15) is 5.82 Å². The molecule has 1 saturated carbocycles. The van der Waals surface area contributed by atoms with E-state index < -0.39 is 0 Å². The second-order valence-electron chi connectivity index (χ2n) is 4.53. The van der Waals surface area contributed by atoms with Gasteiger partial charge in [0.2, 0.25) is 5.91 Å². The number of benzene rings is 1. The smallest absolute Gasteiger partial charge is 0.236 e. The predicted octanol–water partition coefficient (Wildman–Crippen LogP) is 1.54. The van der Waals surface area contributed by atoms with E-state index in [-0.39, 0.29) is 11.7 Å². The van der Waals surface area contributed by atoms with Gasteiger partial charge in [0, 0.05) is 19.6 Å². The lowest BCUT2D eigenvalue weighted by Gasteiger charge is -2.17. The topological polar surface area (TPSA) is 32.3 Å². The first kappa shape index (κ1) is 12.0. The second-order valence-corrected chi connectivity index (χ2v) is 4.53. The zero-order chi connectivity index (χ0) is 12.3. The third-order valence-corrected chi connectivity index (χ3v) is 2.88. The van der Waals surface area contributed by atoms with E-state index >= 15 is 0 Å². The Morgan fingerprint density at radius 2 is 2.06 bits per heavy atom. The maximum absolute atomic E-state index is 12.7. The number of nitrogens with one attached hydrogen (secondary N) is 1. The summed E-state index contributed by atoms with van der Waals surface area (Å²) in [7, 11) is 1.76. The monoisotopic (exact) mass is 236 g/mol. The Kier molecular flexibility index (Phi) is 3.74. The fraction of sp³-hybridized carbons (Fsp3) is 0.462. The molecule has 1 aliphatic carbocycles. The van der Waals surface area contributed by atoms with Crippen LogP contribution in [0.2, 0.25) is 0 Å². The number of hydrogen-bond donors (Lipinski definition) is 1. The van der Waals surface area contributed by atoms with E-state index in [1.54, 1.807) is 24.1 Å². The Hall–Kier alpha value is -1.42. The lowest BCUT2D eigenvalue weighted by Crippen LogP contribution is -2.35. The molecular weight excluding hydrogens is 219 g/mol. The van der Waals surface area contributed by atoms with Crippen molar-refractivity contribution in [2.75, 3.05) is 13.6 Å². The van der Waals surface area contributed by atoms with Gasteiger partial charge in [-0.15, -0.1) is 0 Å². The fourth-order valence-electron chi connectivity index (χ4n) is 1.61. The van der Waals surface area contributed by atoms with Crippen molar-refractivity contribution in [1.82, 2.24) is 10.2 Å². The molecule has 17 heavy (non-hydrogen) atoms. The molecule has 1 fully saturated rings. The quantitative estimate of drug-likeness (QED) is 0.841. The zero-order valence-electron chi connectivity index (χ0n) is 9.95. The zero-order valence-corrected chi connectivity index (χ0v) is 9.95. The number of hydrogen-bond acceptors (Lipinski definition) is 2. The van der Waals surface area contributed by atoms with E-state index in [2.05, 4.69) is 5.32 Å². The van der Waals surface area contributed by atoms with Crippen molar-refractivity contribution < 1.29 is 9.18 Å². The highest BCUT2D eigenvalue weighted by Gasteiger charge is 2.21. The third-order valence-electron chi connectivity index (χ3n) is 2.88. The summed E-state index contributed by atoms with van der Waals surface area (Å²) in [6, 6.07) is 6.77. The van der Waals surface area contributed by atoms with Gasteiger partial charge >= 0.3 is 0 Å². The van der Waals surface area contributed by atoms with Gasteiger partial charge in [-0.3, -0.25) is 4.79 Å². The largest absolute Gasteiger partial charge is 0.340 e. The average Bonchev–Trinajstić information content (AvgIpc) is 3.13. The molecule has 2 rings (SSSR count). The third kappa shape index (κ3) is 3.82. The first-order valence-corrected chi connectivity index (χ1v) is 5.87. The average molecular weight is 236 g/mol. The first-order valence-electron chi connectivity index (χ1n) is 5.87. The number of halogens is 1. The van der Waals surface area contributed by atoms with E-state index in [4.69, 9.17) is 0 Å². The van der Waals surface area contributed by atoms with Crippen LogP contribution in [0.1, 0.15) is 18.4 Å². The summed E-state index contributed by atoms with van der Waals surface area (Å²) in [6.07, 6.45) is 2.35. The lowest BCUT2D eigenvalue weighted by molar-refractivity contribution is -0.129. The Morgan fingerprint density at radius 1 is 1.41 bits per heavy atom. The number of carbonyl (C=O) groups is 1. The molecule has 1 aliphatic rings. The number of likely N-dealkylation sites (N-methyl/N-ethyl adjacent to an activating group) is 1. The molecule has 0 aromatic heterocycles. The Balaban J connectivity index is 1.80. The molecule has 1 aromatic carbocycles. The summed E-state index contributed by atoms with van der Waals surface area (Å²) in [6.45, 7) is 0.911. The van der Waals surface area contributed by atoms with E-state index in [0.717, 1.165) is 5.56 Å². The summed E-state index contributed by atoms with van der Waals surface area (Å²) >= 11 is 0. The van der Waals surface area contributed by atoms with Crippen LogP contribution >= 0.6 is 0 Å². The predicted molar refractivity (Wildman–Crippen MR) is 63.9 cm³/mol. The normalized spacial score (nSPS) is 14.7. The van der Waals surface area contributed by atoms with Crippen molar-refractivity contribution in [2.24, 2.45) is 0 Å². The molecule has 0 radical (unpaired) electrons. The summed E-state index contributed by atoms with van der Waals surface area (Å²) < 4.78 is 12.7. The van der Waals surface area contributed by atoms with E-state index in [9.17, 15) is 9.18 Å². The molecule has 0 bridgehead atoms. The van der Waals surface area contributed by atoms with E-state index in [1.807, 2.05) is 0 Å². The lowest BCUT2D eigenvalue weighted by atomic mass is 10.2. The van der Waals surface area contributed by atoms with Crippen LogP contribution in [0.15, 0.2) is 24.3 Å². The minimum atomic E-state index is -0.252. The van der Waals surface area contributed by atoms with Crippen LogP contribution in [0, 0.1) is 5.82 Å². The van der Waals surface area contributed by atoms with Crippen LogP contribution in [0.3, 0.4) is 0 Å². The van der Waals surface area contributed by atoms with Crippen LogP contribution in [0.4, 0.5) is 4.39 Å². The van der Waals surface area contributed by atoms with Crippen molar-refractivity contribution in [3.8, 4) is 0 Å². The summed E-state index contributed by atoms with van der Waals surface area (Å²) in [5.74, 6) is -0.181. The standard InChI is InChI=1S/C13H17FN2O/c1-16(13(17)8-15-12-6-7-12)9-10-2-4-11(14)5-3-10/h2-5,12,15H,6-9H2,1H3. The number of nitrogens with zero attached hydrogens (tertiary/aromatic N) is 1. The van der Waals surface area contributed by atoms with Crippen molar-refractivity contribution in [1.29, 1.82) is 0 Å². The van der Waals surface area contributed by atoms with Crippen molar-refractivity contribution in [3.05, 3.63) is 35.6 Å². The minimum absolute atomic E-state index is 0.0706. The molecule has 3 nitrogen and oxygen atoms in total. The van der Waals surface area contributed by atoms with Gasteiger partial charge in [-0.05, 0) is 30.5 Å². The summed E-state index contributed by atoms with van der Waals surface area (Å²) in [4.78, 5) is 13.4. The highest BCUT2D eigenvalue weighted by atomic mass is 19.1. The van der Waals surface area contributed by atoms with Crippen LogP contribution in [0.5, 0.6) is 0 Å². The minimum Gasteiger partial charge on any atom is -0.340 e. The van der Waals surface area contributed by atoms with Gasteiger partial charge < -0.3 is 10.2 Å². The molecular formula is C13H17FN2O. The van der Waals surface area contributed by atoms with Crippen LogP contribution < -0.4 is 5.32 Å². The van der Waals surface area contributed by atoms with Gasteiger partial charge in [0.15, 0.2) is 0 Å². The Labute approximate surface area is 101 Å². The molecule has 4 heteroatoms. The van der Waals surface area contributed by atoms with Crippen molar-refractivity contribution >= 4 is 5.91 Å². The maximum atomic E-state index is 12.7. The van der Waals surface area contributed by atoms with Crippen LogP contribution in [-0.2, 0) is 11.3 Å². The van der Waals surface area contributed by atoms with E-state index in [1.165, 1.54) is 25.0 Å². The van der Waals surface area contributed by atoms with Crippen molar-refractivity contribution in [3.63, 3.8) is 0 Å². The molecule has 92 valence electrons. The molecule has 0 heterocycles. The first-order chi connectivity index (χ1) is 8.15. The van der Waals surface area contributed by atoms with Gasteiger partial charge in [-0.25, -0.2) is 4.39 Å². The van der Waals surface area contributed by atoms with Gasteiger partial charge in [-0.1, -0.05) is 12.1 Å².